The molecule has 0 fully saturated rings. The minimum absolute atomic E-state index is 0.0344. The molecule has 0 unspecified atom stereocenters. The molecular weight excluding hydrogens is 412 g/mol. The highest BCUT2D eigenvalue weighted by Crippen LogP contribution is 2.40. The van der Waals surface area contributed by atoms with E-state index in [1.165, 1.54) is 7.11 Å². The van der Waals surface area contributed by atoms with Crippen LogP contribution in [-0.4, -0.2) is 28.6 Å². The molecule has 8 nitrogen and oxygen atoms in total. The van der Waals surface area contributed by atoms with Gasteiger partial charge in [0.15, 0.2) is 0 Å². The lowest BCUT2D eigenvalue weighted by atomic mass is 9.96. The minimum Gasteiger partial charge on any atom is -0.455 e. The molecule has 32 heavy (non-hydrogen) atoms. The molecule has 2 aromatic heterocycles. The summed E-state index contributed by atoms with van der Waals surface area (Å²) in [5.74, 6) is -3.63. The standard InChI is InChI=1S/C24H22N2O6/c1-5-20(27)32-24(30-4)17-9-19-21-15(10-26(19)22(28)16(17)11-31-23(24)29)13(3)14-8-12(2)6-7-18(14)25-21/h6-9H,5,10-11H2,1-4H3/t24-/m0/s1. The summed E-state index contributed by atoms with van der Waals surface area (Å²) in [7, 11) is 1.25. The molecule has 3 aromatic rings. The van der Waals surface area contributed by atoms with Crippen LogP contribution in [0, 0.1) is 13.8 Å². The average Bonchev–Trinajstić information content (AvgIpc) is 3.15. The molecule has 4 heterocycles. The first kappa shape index (κ1) is 20.4. The van der Waals surface area contributed by atoms with Crippen LogP contribution in [0.4, 0.5) is 0 Å². The number of fused-ring (bicyclic) bond motifs is 5. The lowest BCUT2D eigenvalue weighted by Gasteiger charge is -2.34. The zero-order chi connectivity index (χ0) is 22.8. The molecule has 2 aliphatic heterocycles. The van der Waals surface area contributed by atoms with Crippen LogP contribution in [0.1, 0.15) is 41.2 Å². The average molecular weight is 434 g/mol. The SMILES string of the molecule is CCC(=O)O[C@]1(OC)C(=O)OCc2c1cc1n(c2=O)Cc2c-1nc1ccc(C)cc1c2C. The first-order valence-electron chi connectivity index (χ1n) is 10.4. The number of methoxy groups -OCH3 is 1. The van der Waals surface area contributed by atoms with Crippen LogP contribution in [0.3, 0.4) is 0 Å². The van der Waals surface area contributed by atoms with Crippen LogP contribution in [0.25, 0.3) is 22.3 Å². The van der Waals surface area contributed by atoms with Crippen LogP contribution in [-0.2, 0) is 42.7 Å². The molecule has 5 rings (SSSR count). The van der Waals surface area contributed by atoms with Crippen molar-refractivity contribution in [2.24, 2.45) is 0 Å². The van der Waals surface area contributed by atoms with E-state index in [-0.39, 0.29) is 29.7 Å². The second-order valence-electron chi connectivity index (χ2n) is 8.12. The zero-order valence-corrected chi connectivity index (χ0v) is 18.3. The Morgan fingerprint density at radius 2 is 2.00 bits per heavy atom. The summed E-state index contributed by atoms with van der Waals surface area (Å²) >= 11 is 0. The van der Waals surface area contributed by atoms with Crippen molar-refractivity contribution in [1.82, 2.24) is 9.55 Å². The summed E-state index contributed by atoms with van der Waals surface area (Å²) in [4.78, 5) is 43.1. The Hall–Kier alpha value is -3.52. The highest BCUT2D eigenvalue weighted by atomic mass is 16.7. The van der Waals surface area contributed by atoms with Crippen molar-refractivity contribution in [2.75, 3.05) is 7.11 Å². The molecule has 0 amide bonds. The normalized spacial score (nSPS) is 18.7. The van der Waals surface area contributed by atoms with Crippen LogP contribution < -0.4 is 5.56 Å². The third-order valence-corrected chi connectivity index (χ3v) is 6.29. The van der Waals surface area contributed by atoms with E-state index in [9.17, 15) is 14.4 Å². The van der Waals surface area contributed by atoms with E-state index >= 15 is 0 Å². The predicted octanol–water partition coefficient (Wildman–Crippen LogP) is 2.85. The van der Waals surface area contributed by atoms with Gasteiger partial charge in [-0.1, -0.05) is 18.6 Å². The van der Waals surface area contributed by atoms with Gasteiger partial charge in [-0.15, -0.1) is 0 Å². The lowest BCUT2D eigenvalue weighted by molar-refractivity contribution is -0.246. The lowest BCUT2D eigenvalue weighted by Crippen LogP contribution is -2.49. The number of hydrogen-bond donors (Lipinski definition) is 0. The second kappa shape index (κ2) is 7.00. The molecule has 0 spiro atoms. The molecule has 0 bridgehead atoms. The number of ether oxygens (including phenoxy) is 3. The van der Waals surface area contributed by atoms with Gasteiger partial charge in [-0.3, -0.25) is 9.59 Å². The van der Waals surface area contributed by atoms with Gasteiger partial charge in [0.2, 0.25) is 0 Å². The summed E-state index contributed by atoms with van der Waals surface area (Å²) in [5, 5.41) is 1.04. The van der Waals surface area contributed by atoms with E-state index < -0.39 is 17.7 Å². The smallest absolute Gasteiger partial charge is 0.385 e. The molecule has 0 saturated carbocycles. The third-order valence-electron chi connectivity index (χ3n) is 6.29. The van der Waals surface area contributed by atoms with Crippen LogP contribution in [0.15, 0.2) is 29.1 Å². The van der Waals surface area contributed by atoms with Gasteiger partial charge >= 0.3 is 17.7 Å². The topological polar surface area (TPSA) is 96.7 Å². The number of benzene rings is 1. The van der Waals surface area contributed by atoms with Gasteiger partial charge in [0, 0.05) is 30.0 Å². The number of carbonyl (C=O) groups excluding carboxylic acids is 2. The van der Waals surface area contributed by atoms with Gasteiger partial charge in [-0.2, -0.15) is 0 Å². The third kappa shape index (κ3) is 2.65. The van der Waals surface area contributed by atoms with E-state index in [1.54, 1.807) is 17.6 Å². The fourth-order valence-electron chi connectivity index (χ4n) is 4.52. The summed E-state index contributed by atoms with van der Waals surface area (Å²) in [6, 6.07) is 7.70. The van der Waals surface area contributed by atoms with Gasteiger partial charge in [-0.05, 0) is 37.6 Å². The second-order valence-corrected chi connectivity index (χ2v) is 8.12. The van der Waals surface area contributed by atoms with Gasteiger partial charge in [0.25, 0.3) is 5.56 Å². The number of carbonyl (C=O) groups is 2. The highest BCUT2D eigenvalue weighted by molar-refractivity contribution is 5.89. The number of pyridine rings is 2. The number of hydrogen-bond acceptors (Lipinski definition) is 7. The summed E-state index contributed by atoms with van der Waals surface area (Å²) in [5.41, 5.74) is 5.26. The van der Waals surface area contributed by atoms with Crippen molar-refractivity contribution in [1.29, 1.82) is 0 Å². The zero-order valence-electron chi connectivity index (χ0n) is 18.3. The van der Waals surface area contributed by atoms with E-state index in [2.05, 4.69) is 6.07 Å². The number of aryl methyl sites for hydroxylation is 2. The van der Waals surface area contributed by atoms with Crippen molar-refractivity contribution >= 4 is 22.8 Å². The Labute approximate surface area is 183 Å². The molecule has 0 saturated heterocycles. The molecule has 164 valence electrons. The molecule has 1 aromatic carbocycles. The molecule has 0 aliphatic carbocycles. The maximum absolute atomic E-state index is 13.4. The maximum Gasteiger partial charge on any atom is 0.385 e. The largest absolute Gasteiger partial charge is 0.455 e. The van der Waals surface area contributed by atoms with Crippen LogP contribution in [0.5, 0.6) is 0 Å². The van der Waals surface area contributed by atoms with Crippen molar-refractivity contribution < 1.29 is 23.8 Å². The van der Waals surface area contributed by atoms with E-state index in [0.717, 1.165) is 27.6 Å². The summed E-state index contributed by atoms with van der Waals surface area (Å²) in [6.07, 6.45) is 0.0344. The van der Waals surface area contributed by atoms with Crippen LogP contribution >= 0.6 is 0 Å². The molecule has 0 radical (unpaired) electrons. The number of aromatic nitrogens is 2. The molecule has 2 aliphatic rings. The van der Waals surface area contributed by atoms with Crippen molar-refractivity contribution in [3.05, 3.63) is 62.4 Å². The Balaban J connectivity index is 1.79. The van der Waals surface area contributed by atoms with E-state index in [0.29, 0.717) is 17.9 Å². The molecule has 8 heteroatoms. The molecule has 0 N–H and O–H groups in total. The van der Waals surface area contributed by atoms with Gasteiger partial charge in [0.1, 0.15) is 6.61 Å². The number of esters is 2. The predicted molar refractivity (Wildman–Crippen MR) is 115 cm³/mol. The minimum atomic E-state index is -2.12. The Kier molecular flexibility index (Phi) is 4.46. The van der Waals surface area contributed by atoms with Gasteiger partial charge in [-0.25, -0.2) is 9.78 Å². The Morgan fingerprint density at radius 3 is 2.72 bits per heavy atom. The maximum atomic E-state index is 13.4. The number of nitrogens with zero attached hydrogens (tertiary/aromatic N) is 2. The first-order valence-corrected chi connectivity index (χ1v) is 10.4. The number of rotatable bonds is 3. The van der Waals surface area contributed by atoms with Crippen molar-refractivity contribution in [3.63, 3.8) is 0 Å². The monoisotopic (exact) mass is 434 g/mol. The fourth-order valence-corrected chi connectivity index (χ4v) is 4.52. The van der Waals surface area contributed by atoms with Crippen molar-refractivity contribution in [3.8, 4) is 11.4 Å². The van der Waals surface area contributed by atoms with Crippen LogP contribution in [0.2, 0.25) is 0 Å². The summed E-state index contributed by atoms with van der Waals surface area (Å²) < 4.78 is 17.7. The molecule has 1 atom stereocenters. The summed E-state index contributed by atoms with van der Waals surface area (Å²) in [6.45, 7) is 5.80. The Bertz CT molecular complexity index is 1390. The Morgan fingerprint density at radius 1 is 1.22 bits per heavy atom. The van der Waals surface area contributed by atoms with E-state index in [4.69, 9.17) is 19.2 Å². The fraction of sp³-hybridized carbons (Fsp3) is 0.333. The first-order chi connectivity index (χ1) is 15.3. The van der Waals surface area contributed by atoms with Crippen molar-refractivity contribution in [2.45, 2.75) is 46.1 Å². The van der Waals surface area contributed by atoms with Gasteiger partial charge < -0.3 is 18.8 Å². The van der Waals surface area contributed by atoms with E-state index in [1.807, 2.05) is 26.0 Å². The highest BCUT2D eigenvalue weighted by Gasteiger charge is 2.52. The van der Waals surface area contributed by atoms with Gasteiger partial charge in [0.05, 0.1) is 29.0 Å². The number of cyclic esters (lactones) is 1. The quantitative estimate of drug-likeness (QED) is 0.361. The molecular formula is C24H22N2O6.